The van der Waals surface area contributed by atoms with Crippen LogP contribution in [-0.2, 0) is 28.8 Å². The maximum absolute atomic E-state index is 13.6. The van der Waals surface area contributed by atoms with Crippen LogP contribution < -0.4 is 16.7 Å². The molecule has 0 bridgehead atoms. The van der Waals surface area contributed by atoms with E-state index < -0.39 is 73.0 Å². The van der Waals surface area contributed by atoms with Crippen LogP contribution in [0.5, 0.6) is 0 Å². The van der Waals surface area contributed by atoms with Crippen LogP contribution in [0.1, 0.15) is 17.2 Å². The Labute approximate surface area is 225 Å². The van der Waals surface area contributed by atoms with Crippen LogP contribution in [0.25, 0.3) is 11.4 Å². The molecule has 2 atom stereocenters. The van der Waals surface area contributed by atoms with Gasteiger partial charge in [0.05, 0.1) is 18.2 Å². The zero-order valence-corrected chi connectivity index (χ0v) is 20.8. The number of benzene rings is 2. The summed E-state index contributed by atoms with van der Waals surface area (Å²) in [7, 11) is 0. The number of halogens is 7. The van der Waals surface area contributed by atoms with Crippen molar-refractivity contribution in [3.63, 3.8) is 0 Å². The molecule has 0 spiro atoms. The Morgan fingerprint density at radius 3 is 2.27 bits per heavy atom. The Morgan fingerprint density at radius 1 is 1.07 bits per heavy atom. The van der Waals surface area contributed by atoms with Crippen LogP contribution in [0, 0.1) is 0 Å². The van der Waals surface area contributed by atoms with E-state index in [9.17, 15) is 45.8 Å². The Balaban J connectivity index is 1.96. The Bertz CT molecular complexity index is 1420. The van der Waals surface area contributed by atoms with Crippen molar-refractivity contribution in [2.75, 3.05) is 6.61 Å². The van der Waals surface area contributed by atoms with E-state index in [4.69, 9.17) is 17.3 Å². The molecule has 0 saturated heterocycles. The molecule has 17 heteroatoms. The summed E-state index contributed by atoms with van der Waals surface area (Å²) in [6, 6.07) is 7.89. The third-order valence-corrected chi connectivity index (χ3v) is 5.67. The van der Waals surface area contributed by atoms with Crippen LogP contribution in [-0.4, -0.2) is 50.3 Å². The van der Waals surface area contributed by atoms with Gasteiger partial charge >= 0.3 is 24.1 Å². The minimum Gasteiger partial charge on any atom is -0.447 e. The molecule has 1 heterocycles. The summed E-state index contributed by atoms with van der Waals surface area (Å²) < 4.78 is 85.3. The van der Waals surface area contributed by atoms with E-state index in [-0.39, 0.29) is 16.4 Å². The van der Waals surface area contributed by atoms with Crippen molar-refractivity contribution in [2.24, 2.45) is 5.73 Å². The molecule has 216 valence electrons. The van der Waals surface area contributed by atoms with Crippen molar-refractivity contribution < 1.29 is 45.8 Å². The molecule has 3 rings (SSSR count). The molecule has 0 fully saturated rings. The van der Waals surface area contributed by atoms with Crippen molar-refractivity contribution >= 4 is 23.6 Å². The summed E-state index contributed by atoms with van der Waals surface area (Å²) >= 11 is 5.83. The lowest BCUT2D eigenvalue weighted by molar-refractivity contribution is -0.207. The average Bonchev–Trinajstić information content (AvgIpc) is 3.15. The van der Waals surface area contributed by atoms with Gasteiger partial charge in [-0.3, -0.25) is 9.36 Å². The fourth-order valence-corrected chi connectivity index (χ4v) is 3.73. The van der Waals surface area contributed by atoms with Gasteiger partial charge in [-0.15, -0.1) is 5.10 Å². The van der Waals surface area contributed by atoms with E-state index in [1.807, 2.05) is 0 Å². The average molecular weight is 596 g/mol. The van der Waals surface area contributed by atoms with Gasteiger partial charge in [0, 0.05) is 10.6 Å². The quantitative estimate of drug-likeness (QED) is 0.324. The summed E-state index contributed by atoms with van der Waals surface area (Å²) in [6.45, 7) is -3.04. The number of carbonyl (C=O) groups excluding carboxylic acids is 2. The van der Waals surface area contributed by atoms with Crippen LogP contribution in [0.4, 0.5) is 31.1 Å². The van der Waals surface area contributed by atoms with Crippen molar-refractivity contribution in [3.8, 4) is 11.4 Å². The maximum atomic E-state index is 13.6. The molecule has 2 amide bonds. The minimum absolute atomic E-state index is 0.113. The zero-order valence-electron chi connectivity index (χ0n) is 20.0. The Kier molecular flexibility index (Phi) is 9.14. The predicted octanol–water partition coefficient (Wildman–Crippen LogP) is 3.26. The summed E-state index contributed by atoms with van der Waals surface area (Å²) in [5.74, 6) is -1.46. The van der Waals surface area contributed by atoms with Gasteiger partial charge in [-0.25, -0.2) is 14.3 Å². The number of aliphatic hydroxyl groups is 1. The van der Waals surface area contributed by atoms with Gasteiger partial charge in [0.25, 0.3) is 0 Å². The largest absolute Gasteiger partial charge is 0.447 e. The minimum atomic E-state index is -5.09. The lowest BCUT2D eigenvalue weighted by atomic mass is 10.00. The molecular formula is C23H20ClF6N5O5. The Hall–Kier alpha value is -4.05. The van der Waals surface area contributed by atoms with Gasteiger partial charge in [-0.05, 0) is 35.9 Å². The molecular weight excluding hydrogens is 576 g/mol. The summed E-state index contributed by atoms with van der Waals surface area (Å²) in [4.78, 5) is 36.8. The monoisotopic (exact) mass is 595 g/mol. The van der Waals surface area contributed by atoms with Crippen molar-refractivity contribution in [1.82, 2.24) is 19.7 Å². The number of carbonyl (C=O) groups is 2. The molecule has 2 unspecified atom stereocenters. The first-order valence-corrected chi connectivity index (χ1v) is 11.5. The van der Waals surface area contributed by atoms with E-state index in [1.165, 1.54) is 30.3 Å². The molecule has 40 heavy (non-hydrogen) atoms. The second kappa shape index (κ2) is 12.0. The lowest BCUT2D eigenvalue weighted by Gasteiger charge is -2.22. The number of aliphatic hydroxyl groups excluding tert-OH is 1. The molecule has 1 aromatic heterocycles. The lowest BCUT2D eigenvalue weighted by Crippen LogP contribution is -2.40. The number of primary amides is 1. The number of hydrogen-bond donors (Lipinski definition) is 3. The first kappa shape index (κ1) is 30.5. The highest BCUT2D eigenvalue weighted by atomic mass is 35.5. The molecule has 10 nitrogen and oxygen atoms in total. The van der Waals surface area contributed by atoms with Crippen LogP contribution in [0.2, 0.25) is 5.02 Å². The number of aromatic nitrogens is 3. The number of nitrogens with one attached hydrogen (secondary N) is 1. The molecule has 2 aromatic carbocycles. The van der Waals surface area contributed by atoms with Crippen LogP contribution >= 0.6 is 11.6 Å². The van der Waals surface area contributed by atoms with Crippen molar-refractivity contribution in [2.45, 2.75) is 37.6 Å². The number of rotatable bonds is 9. The standard InChI is InChI=1S/C23H20ClF6N5O5/c24-13-7-5-12(6-8-13)19-33-35(21(39)34(19)9-17(36)23(28,29)30)10-18(37)32-16(11-40-20(31)38)14-3-1-2-4-15(14)22(25,26)27/h1-8,16-17,36H,9-11H2,(H2,31,38)(H,32,37). The summed E-state index contributed by atoms with van der Waals surface area (Å²) in [5.41, 5.74) is 2.15. The van der Waals surface area contributed by atoms with Gasteiger partial charge in [0.2, 0.25) is 5.91 Å². The van der Waals surface area contributed by atoms with Gasteiger partial charge in [-0.1, -0.05) is 29.8 Å². The second-order valence-electron chi connectivity index (χ2n) is 8.27. The van der Waals surface area contributed by atoms with Crippen LogP contribution in [0.3, 0.4) is 0 Å². The number of alkyl halides is 6. The normalized spacial score (nSPS) is 13.5. The highest BCUT2D eigenvalue weighted by molar-refractivity contribution is 6.30. The van der Waals surface area contributed by atoms with E-state index >= 15 is 0 Å². The fraction of sp³-hybridized carbons (Fsp3) is 0.304. The van der Waals surface area contributed by atoms with E-state index in [1.54, 1.807) is 0 Å². The van der Waals surface area contributed by atoms with E-state index in [2.05, 4.69) is 15.2 Å². The number of amides is 2. The number of nitrogens with zero attached hydrogens (tertiary/aromatic N) is 3. The zero-order chi connectivity index (χ0) is 29.8. The molecule has 0 aliphatic carbocycles. The molecule has 0 aliphatic heterocycles. The summed E-state index contributed by atoms with van der Waals surface area (Å²) in [6.07, 6.45) is -14.2. The van der Waals surface area contributed by atoms with Gasteiger partial charge < -0.3 is 20.9 Å². The third kappa shape index (κ3) is 7.53. The molecule has 4 N–H and O–H groups in total. The molecule has 0 radical (unpaired) electrons. The smallest absolute Gasteiger partial charge is 0.416 e. The number of hydrogen-bond acceptors (Lipinski definition) is 6. The summed E-state index contributed by atoms with van der Waals surface area (Å²) in [5, 5.41) is 15.9. The first-order valence-electron chi connectivity index (χ1n) is 11.1. The second-order valence-corrected chi connectivity index (χ2v) is 8.71. The van der Waals surface area contributed by atoms with Gasteiger partial charge in [-0.2, -0.15) is 26.3 Å². The van der Waals surface area contributed by atoms with E-state index in [0.717, 1.165) is 18.2 Å². The Morgan fingerprint density at radius 2 is 1.70 bits per heavy atom. The molecule has 0 aliphatic rings. The van der Waals surface area contributed by atoms with Crippen molar-refractivity contribution in [3.05, 3.63) is 75.2 Å². The molecule has 3 aromatic rings. The van der Waals surface area contributed by atoms with E-state index in [0.29, 0.717) is 9.25 Å². The van der Waals surface area contributed by atoms with Gasteiger partial charge in [0.15, 0.2) is 11.9 Å². The van der Waals surface area contributed by atoms with Crippen molar-refractivity contribution in [1.29, 1.82) is 0 Å². The fourth-order valence-electron chi connectivity index (χ4n) is 3.61. The molecule has 0 saturated carbocycles. The van der Waals surface area contributed by atoms with Crippen LogP contribution in [0.15, 0.2) is 53.3 Å². The first-order chi connectivity index (χ1) is 18.6. The third-order valence-electron chi connectivity index (χ3n) is 5.42. The van der Waals surface area contributed by atoms with Gasteiger partial charge in [0.1, 0.15) is 13.2 Å². The highest BCUT2D eigenvalue weighted by Crippen LogP contribution is 2.34. The SMILES string of the molecule is NC(=O)OCC(NC(=O)Cn1nc(-c2ccc(Cl)cc2)n(CC(O)C(F)(F)F)c1=O)c1ccccc1C(F)(F)F. The number of ether oxygens (including phenoxy) is 1. The predicted molar refractivity (Wildman–Crippen MR) is 127 cm³/mol. The number of nitrogens with two attached hydrogens (primary N) is 1. The highest BCUT2D eigenvalue weighted by Gasteiger charge is 2.40. The topological polar surface area (TPSA) is 141 Å². The maximum Gasteiger partial charge on any atom is 0.416 e.